The van der Waals surface area contributed by atoms with Gasteiger partial charge in [-0.05, 0) is 72.2 Å². The first-order valence-corrected chi connectivity index (χ1v) is 17.1. The topological polar surface area (TPSA) is 132 Å². The third kappa shape index (κ3) is 6.79. The Balaban J connectivity index is 1.45. The first kappa shape index (κ1) is 34.9. The summed E-state index contributed by atoms with van der Waals surface area (Å²) in [6.45, 7) is 12.3. The van der Waals surface area contributed by atoms with Gasteiger partial charge in [-0.1, -0.05) is 51.1 Å². The van der Waals surface area contributed by atoms with Crippen LogP contribution < -0.4 is 0 Å². The summed E-state index contributed by atoms with van der Waals surface area (Å²) >= 11 is 0. The fraction of sp³-hybridized carbons (Fsp3) is 0.703. The molecule has 0 radical (unpaired) electrons. The molecule has 0 unspecified atom stereocenters. The second kappa shape index (κ2) is 13.6. The van der Waals surface area contributed by atoms with Crippen molar-refractivity contribution in [2.75, 3.05) is 6.61 Å². The Kier molecular flexibility index (Phi) is 10.1. The summed E-state index contributed by atoms with van der Waals surface area (Å²) in [5.41, 5.74) is 0.0997. The third-order valence-electron chi connectivity index (χ3n) is 12.2. The van der Waals surface area contributed by atoms with Crippen LogP contribution in [-0.4, -0.2) is 54.8 Å². The van der Waals surface area contributed by atoms with Crippen molar-refractivity contribution in [3.05, 3.63) is 35.9 Å². The van der Waals surface area contributed by atoms with E-state index in [0.717, 1.165) is 31.2 Å². The van der Waals surface area contributed by atoms with Gasteiger partial charge >= 0.3 is 29.8 Å². The van der Waals surface area contributed by atoms with Crippen LogP contribution in [0.5, 0.6) is 0 Å². The number of ether oxygens (including phenoxy) is 5. The van der Waals surface area contributed by atoms with E-state index >= 15 is 0 Å². The monoisotopic (exact) mass is 654 g/mol. The van der Waals surface area contributed by atoms with Crippen LogP contribution >= 0.6 is 0 Å². The van der Waals surface area contributed by atoms with E-state index in [1.54, 1.807) is 0 Å². The highest BCUT2D eigenvalue weighted by Crippen LogP contribution is 2.66. The molecule has 10 heteroatoms. The summed E-state index contributed by atoms with van der Waals surface area (Å²) in [5.74, 6) is -2.13. The lowest BCUT2D eigenvalue weighted by Gasteiger charge is -2.56. The molecule has 0 spiro atoms. The number of fused-ring (bicyclic) bond motifs is 5. The van der Waals surface area contributed by atoms with Crippen LogP contribution in [0, 0.1) is 46.3 Å². The first-order chi connectivity index (χ1) is 22.2. The molecule has 0 amide bonds. The molecule has 10 nitrogen and oxygen atoms in total. The number of esters is 5. The quantitative estimate of drug-likeness (QED) is 0.252. The van der Waals surface area contributed by atoms with Crippen LogP contribution in [0.15, 0.2) is 30.3 Å². The molecule has 1 aliphatic heterocycles. The normalized spacial score (nSPS) is 36.5. The van der Waals surface area contributed by atoms with Crippen molar-refractivity contribution in [2.24, 2.45) is 46.3 Å². The Bertz CT molecular complexity index is 1360. The van der Waals surface area contributed by atoms with Gasteiger partial charge < -0.3 is 23.7 Å². The lowest BCUT2D eigenvalue weighted by molar-refractivity contribution is -0.188. The van der Waals surface area contributed by atoms with Crippen molar-refractivity contribution in [2.45, 2.75) is 111 Å². The van der Waals surface area contributed by atoms with E-state index in [4.69, 9.17) is 23.7 Å². The molecule has 0 bridgehead atoms. The zero-order chi connectivity index (χ0) is 34.3. The molecule has 0 aromatic heterocycles. The number of carbonyl (C=O) groups is 5. The molecule has 4 aliphatic rings. The van der Waals surface area contributed by atoms with E-state index in [-0.39, 0.29) is 47.4 Å². The number of hydrogen-bond donors (Lipinski definition) is 0. The molecule has 12 atom stereocenters. The SMILES string of the molecule is CC(=O)O[C@H]([C@@H](C)[C@H]1CC[C@H]2[C@@H]3COC(=O)[C@H]4C[C@H](OC(C)=O)[C@H](OC(C)=O)C[C@]4(C)[C@H]3CC[C@]12C)[C@H](OC(C)=O)c1ccccc1. The standard InChI is InChI=1S/C37H50O10/c1-20(33(46-23(4)40)34(47-24(5)41)25-11-9-8-10-12-25)27-13-14-28-26-19-43-35(42)30-17-31(44-21(2)38)32(45-22(3)39)18-37(30,7)29(26)15-16-36(27,28)6/h8-12,20,26-34H,13-19H2,1-7H3/t20-,26-,27+,28-,29-,30+,31-,32+,33+,34+,36+,37+/m0/s1. The van der Waals surface area contributed by atoms with E-state index in [9.17, 15) is 24.0 Å². The molecule has 0 N–H and O–H groups in total. The molecule has 1 aromatic carbocycles. The van der Waals surface area contributed by atoms with Crippen molar-refractivity contribution in [1.29, 1.82) is 0 Å². The van der Waals surface area contributed by atoms with E-state index in [1.165, 1.54) is 27.7 Å². The van der Waals surface area contributed by atoms with Crippen molar-refractivity contribution in [3.63, 3.8) is 0 Å². The Morgan fingerprint density at radius 2 is 1.43 bits per heavy atom. The fourth-order valence-corrected chi connectivity index (χ4v) is 10.3. The summed E-state index contributed by atoms with van der Waals surface area (Å²) in [5, 5.41) is 0. The van der Waals surface area contributed by atoms with Crippen molar-refractivity contribution >= 4 is 29.8 Å². The average Bonchev–Trinajstić information content (AvgIpc) is 3.30. The zero-order valence-corrected chi connectivity index (χ0v) is 28.7. The molecule has 5 rings (SSSR count). The Morgan fingerprint density at radius 1 is 0.809 bits per heavy atom. The molecule has 1 aromatic rings. The van der Waals surface area contributed by atoms with Crippen molar-refractivity contribution in [3.8, 4) is 0 Å². The highest BCUT2D eigenvalue weighted by atomic mass is 16.6. The molecule has 1 heterocycles. The van der Waals surface area contributed by atoms with Gasteiger partial charge in [0.15, 0.2) is 6.10 Å². The largest absolute Gasteiger partial charge is 0.465 e. The number of rotatable bonds is 8. The van der Waals surface area contributed by atoms with Crippen LogP contribution in [0.3, 0.4) is 0 Å². The molecule has 47 heavy (non-hydrogen) atoms. The average molecular weight is 655 g/mol. The predicted molar refractivity (Wildman–Crippen MR) is 169 cm³/mol. The van der Waals surface area contributed by atoms with Gasteiger partial charge in [-0.3, -0.25) is 24.0 Å². The van der Waals surface area contributed by atoms with Crippen LogP contribution in [-0.2, 0) is 47.7 Å². The van der Waals surface area contributed by atoms with Crippen molar-refractivity contribution in [1.82, 2.24) is 0 Å². The Hall–Kier alpha value is -3.43. The number of cyclic esters (lactones) is 1. The smallest absolute Gasteiger partial charge is 0.309 e. The zero-order valence-electron chi connectivity index (χ0n) is 28.7. The highest BCUT2D eigenvalue weighted by molar-refractivity contribution is 5.75. The van der Waals surface area contributed by atoms with Crippen molar-refractivity contribution < 1.29 is 47.7 Å². The maximum atomic E-state index is 13.6. The Labute approximate surface area is 277 Å². The van der Waals surface area contributed by atoms with Gasteiger partial charge in [0, 0.05) is 40.0 Å². The molecule has 258 valence electrons. The van der Waals surface area contributed by atoms with E-state index < -0.39 is 59.6 Å². The number of benzene rings is 1. The fourth-order valence-electron chi connectivity index (χ4n) is 10.3. The molecule has 4 fully saturated rings. The van der Waals surface area contributed by atoms with Gasteiger partial charge in [0.25, 0.3) is 0 Å². The maximum absolute atomic E-state index is 13.6. The maximum Gasteiger partial charge on any atom is 0.309 e. The van der Waals surface area contributed by atoms with Gasteiger partial charge in [0.2, 0.25) is 0 Å². The van der Waals surface area contributed by atoms with Crippen LogP contribution in [0.2, 0.25) is 0 Å². The highest BCUT2D eigenvalue weighted by Gasteiger charge is 2.64. The lowest BCUT2D eigenvalue weighted by atomic mass is 9.48. The molecule has 3 aliphatic carbocycles. The second-order valence-electron chi connectivity index (χ2n) is 14.9. The summed E-state index contributed by atoms with van der Waals surface area (Å²) in [4.78, 5) is 62.5. The second-order valence-corrected chi connectivity index (χ2v) is 14.9. The molecular weight excluding hydrogens is 604 g/mol. The summed E-state index contributed by atoms with van der Waals surface area (Å²) in [7, 11) is 0. The van der Waals surface area contributed by atoms with Gasteiger partial charge in [-0.15, -0.1) is 0 Å². The van der Waals surface area contributed by atoms with E-state index in [2.05, 4.69) is 20.8 Å². The lowest BCUT2D eigenvalue weighted by Crippen LogP contribution is -2.56. The van der Waals surface area contributed by atoms with E-state index in [1.807, 2.05) is 30.3 Å². The van der Waals surface area contributed by atoms with Gasteiger partial charge in [0.05, 0.1) is 12.5 Å². The summed E-state index contributed by atoms with van der Waals surface area (Å²) in [6, 6.07) is 9.42. The third-order valence-corrected chi connectivity index (χ3v) is 12.2. The minimum Gasteiger partial charge on any atom is -0.465 e. The first-order valence-electron chi connectivity index (χ1n) is 17.1. The summed E-state index contributed by atoms with van der Waals surface area (Å²) in [6.07, 6.45) is 1.42. The summed E-state index contributed by atoms with van der Waals surface area (Å²) < 4.78 is 29.2. The predicted octanol–water partition coefficient (Wildman–Crippen LogP) is 5.75. The minimum atomic E-state index is -0.754. The van der Waals surface area contributed by atoms with Gasteiger partial charge in [-0.25, -0.2) is 0 Å². The van der Waals surface area contributed by atoms with E-state index in [0.29, 0.717) is 13.0 Å². The van der Waals surface area contributed by atoms with Crippen LogP contribution in [0.4, 0.5) is 0 Å². The molecular formula is C37H50O10. The Morgan fingerprint density at radius 3 is 2.04 bits per heavy atom. The van der Waals surface area contributed by atoms with Gasteiger partial charge in [0.1, 0.15) is 18.3 Å². The minimum absolute atomic E-state index is 0.0821. The van der Waals surface area contributed by atoms with Crippen LogP contribution in [0.1, 0.15) is 98.7 Å². The number of carbonyl (C=O) groups excluding carboxylic acids is 5. The van der Waals surface area contributed by atoms with Crippen LogP contribution in [0.25, 0.3) is 0 Å². The molecule has 3 saturated carbocycles. The molecule has 1 saturated heterocycles. The number of hydrogen-bond acceptors (Lipinski definition) is 10. The van der Waals surface area contributed by atoms with Gasteiger partial charge in [-0.2, -0.15) is 0 Å².